The molecule has 4 heteroatoms. The monoisotopic (exact) mass is 278 g/mol. The molecule has 2 fully saturated rings. The number of nitrogens with one attached hydrogen (secondary N) is 1. The molecule has 1 aromatic heterocycles. The van der Waals surface area contributed by atoms with E-state index in [-0.39, 0.29) is 5.60 Å². The van der Waals surface area contributed by atoms with Crippen molar-refractivity contribution >= 4 is 11.8 Å². The van der Waals surface area contributed by atoms with Gasteiger partial charge in [-0.2, -0.15) is 11.8 Å². The molecule has 2 saturated heterocycles. The van der Waals surface area contributed by atoms with E-state index < -0.39 is 0 Å². The Kier molecular flexibility index (Phi) is 4.10. The summed E-state index contributed by atoms with van der Waals surface area (Å²) in [5, 5.41) is 3.76. The largest absolute Gasteiger partial charge is 0.374 e. The first-order valence-electron chi connectivity index (χ1n) is 7.15. The van der Waals surface area contributed by atoms with E-state index in [1.807, 2.05) is 30.2 Å². The molecule has 2 aliphatic heterocycles. The molecule has 0 amide bonds. The Balaban J connectivity index is 1.60. The van der Waals surface area contributed by atoms with Gasteiger partial charge in [-0.3, -0.25) is 4.98 Å². The number of rotatable bonds is 3. The van der Waals surface area contributed by atoms with Crippen LogP contribution in [0, 0.1) is 0 Å². The van der Waals surface area contributed by atoms with Gasteiger partial charge in [0, 0.05) is 36.8 Å². The van der Waals surface area contributed by atoms with Gasteiger partial charge >= 0.3 is 0 Å². The van der Waals surface area contributed by atoms with E-state index in [0.29, 0.717) is 12.1 Å². The number of hydrogen-bond donors (Lipinski definition) is 1. The van der Waals surface area contributed by atoms with Crippen molar-refractivity contribution in [2.75, 3.05) is 18.1 Å². The van der Waals surface area contributed by atoms with E-state index in [1.54, 1.807) is 0 Å². The Hall–Kier alpha value is -0.580. The first-order chi connectivity index (χ1) is 9.27. The van der Waals surface area contributed by atoms with Gasteiger partial charge in [-0.25, -0.2) is 0 Å². The minimum Gasteiger partial charge on any atom is -0.374 e. The summed E-state index contributed by atoms with van der Waals surface area (Å²) in [6.07, 6.45) is 7.28. The highest BCUT2D eigenvalue weighted by atomic mass is 32.2. The van der Waals surface area contributed by atoms with Gasteiger partial charge in [0.2, 0.25) is 0 Å². The minimum atomic E-state index is 0.162. The van der Waals surface area contributed by atoms with E-state index in [1.165, 1.54) is 23.5 Å². The normalized spacial score (nSPS) is 32.6. The van der Waals surface area contributed by atoms with Crippen molar-refractivity contribution in [1.29, 1.82) is 0 Å². The van der Waals surface area contributed by atoms with E-state index in [9.17, 15) is 0 Å². The van der Waals surface area contributed by atoms with Gasteiger partial charge in [0.15, 0.2) is 0 Å². The van der Waals surface area contributed by atoms with Gasteiger partial charge in [-0.1, -0.05) is 6.07 Å². The maximum atomic E-state index is 6.07. The van der Waals surface area contributed by atoms with Crippen LogP contribution in [0.1, 0.15) is 37.8 Å². The van der Waals surface area contributed by atoms with Crippen molar-refractivity contribution in [2.45, 2.75) is 43.9 Å². The van der Waals surface area contributed by atoms with Crippen molar-refractivity contribution in [3.05, 3.63) is 30.1 Å². The Morgan fingerprint density at radius 3 is 3.26 bits per heavy atom. The Labute approximate surface area is 119 Å². The standard InChI is InChI=1S/C15H22N2OS/c1-12(13-3-2-6-16-10-13)17-14-4-7-18-15(9-14)5-8-19-11-15/h2-3,6,10,12,14,17H,4-5,7-9,11H2,1H3/t12-,14?,15?/m0/s1. The lowest BCUT2D eigenvalue weighted by molar-refractivity contribution is -0.0711. The molecule has 3 rings (SSSR count). The Bertz CT molecular complexity index is 406. The highest BCUT2D eigenvalue weighted by molar-refractivity contribution is 7.99. The summed E-state index contributed by atoms with van der Waals surface area (Å²) in [5.74, 6) is 2.43. The van der Waals surface area contributed by atoms with E-state index >= 15 is 0 Å². The smallest absolute Gasteiger partial charge is 0.0795 e. The molecular weight excluding hydrogens is 256 g/mol. The number of nitrogens with zero attached hydrogens (tertiary/aromatic N) is 1. The molecule has 104 valence electrons. The third kappa shape index (κ3) is 3.12. The summed E-state index contributed by atoms with van der Waals surface area (Å²) < 4.78 is 6.07. The highest BCUT2D eigenvalue weighted by Crippen LogP contribution is 2.38. The van der Waals surface area contributed by atoms with Gasteiger partial charge in [0.1, 0.15) is 0 Å². The lowest BCUT2D eigenvalue weighted by atomic mass is 9.89. The SMILES string of the molecule is C[C@H](NC1CCOC2(CCSC2)C1)c1cccnc1. The Morgan fingerprint density at radius 1 is 1.58 bits per heavy atom. The lowest BCUT2D eigenvalue weighted by Crippen LogP contribution is -2.47. The minimum absolute atomic E-state index is 0.162. The van der Waals surface area contributed by atoms with Gasteiger partial charge in [0.25, 0.3) is 0 Å². The second kappa shape index (κ2) is 5.81. The number of pyridine rings is 1. The van der Waals surface area contributed by atoms with E-state index in [2.05, 4.69) is 23.3 Å². The van der Waals surface area contributed by atoms with Crippen LogP contribution in [0.25, 0.3) is 0 Å². The number of hydrogen-bond acceptors (Lipinski definition) is 4. The Morgan fingerprint density at radius 2 is 2.53 bits per heavy atom. The van der Waals surface area contributed by atoms with E-state index in [0.717, 1.165) is 19.4 Å². The molecular formula is C15H22N2OS. The molecule has 3 atom stereocenters. The molecule has 3 nitrogen and oxygen atoms in total. The first-order valence-corrected chi connectivity index (χ1v) is 8.31. The predicted molar refractivity (Wildman–Crippen MR) is 79.4 cm³/mol. The summed E-state index contributed by atoms with van der Waals surface area (Å²) in [4.78, 5) is 4.20. The molecule has 0 saturated carbocycles. The van der Waals surface area contributed by atoms with Crippen molar-refractivity contribution in [1.82, 2.24) is 10.3 Å². The fourth-order valence-electron chi connectivity index (χ4n) is 3.12. The summed E-state index contributed by atoms with van der Waals surface area (Å²) in [5.41, 5.74) is 1.43. The summed E-state index contributed by atoms with van der Waals surface area (Å²) >= 11 is 2.03. The summed E-state index contributed by atoms with van der Waals surface area (Å²) in [7, 11) is 0. The molecule has 1 N–H and O–H groups in total. The highest BCUT2D eigenvalue weighted by Gasteiger charge is 2.40. The molecule has 2 unspecified atom stereocenters. The van der Waals surface area contributed by atoms with Crippen molar-refractivity contribution < 1.29 is 4.74 Å². The second-order valence-electron chi connectivity index (χ2n) is 5.70. The first kappa shape index (κ1) is 13.4. The quantitative estimate of drug-likeness (QED) is 0.922. The van der Waals surface area contributed by atoms with Crippen molar-refractivity contribution in [3.63, 3.8) is 0 Å². The van der Waals surface area contributed by atoms with Gasteiger partial charge in [-0.15, -0.1) is 0 Å². The molecule has 0 bridgehead atoms. The molecule has 1 spiro atoms. The average Bonchev–Trinajstić information content (AvgIpc) is 2.88. The van der Waals surface area contributed by atoms with Crippen LogP contribution in [-0.2, 0) is 4.74 Å². The van der Waals surface area contributed by atoms with Gasteiger partial charge < -0.3 is 10.1 Å². The summed E-state index contributed by atoms with van der Waals surface area (Å²) in [6, 6.07) is 5.09. The molecule has 0 aliphatic carbocycles. The fraction of sp³-hybridized carbons (Fsp3) is 0.667. The molecule has 0 radical (unpaired) electrons. The second-order valence-corrected chi connectivity index (χ2v) is 6.80. The average molecular weight is 278 g/mol. The summed E-state index contributed by atoms with van der Waals surface area (Å²) in [6.45, 7) is 3.13. The zero-order chi connectivity index (χ0) is 13.1. The molecule has 1 aromatic rings. The van der Waals surface area contributed by atoms with Gasteiger partial charge in [-0.05, 0) is 43.6 Å². The van der Waals surface area contributed by atoms with Crippen LogP contribution >= 0.6 is 11.8 Å². The number of ether oxygens (including phenoxy) is 1. The van der Waals surface area contributed by atoms with Crippen LogP contribution < -0.4 is 5.32 Å². The van der Waals surface area contributed by atoms with E-state index in [4.69, 9.17) is 4.74 Å². The zero-order valence-electron chi connectivity index (χ0n) is 11.5. The van der Waals surface area contributed by atoms with Crippen LogP contribution in [-0.4, -0.2) is 34.7 Å². The van der Waals surface area contributed by atoms with Crippen LogP contribution in [0.4, 0.5) is 0 Å². The molecule has 0 aromatic carbocycles. The third-order valence-electron chi connectivity index (χ3n) is 4.23. The molecule has 3 heterocycles. The van der Waals surface area contributed by atoms with Crippen LogP contribution in [0.2, 0.25) is 0 Å². The van der Waals surface area contributed by atoms with Crippen molar-refractivity contribution in [2.24, 2.45) is 0 Å². The van der Waals surface area contributed by atoms with Crippen LogP contribution in [0.5, 0.6) is 0 Å². The zero-order valence-corrected chi connectivity index (χ0v) is 12.3. The maximum absolute atomic E-state index is 6.07. The predicted octanol–water partition coefficient (Wildman–Crippen LogP) is 2.79. The van der Waals surface area contributed by atoms with Crippen molar-refractivity contribution in [3.8, 4) is 0 Å². The van der Waals surface area contributed by atoms with Gasteiger partial charge in [0.05, 0.1) is 5.60 Å². The lowest BCUT2D eigenvalue weighted by Gasteiger charge is -2.39. The van der Waals surface area contributed by atoms with Crippen LogP contribution in [0.15, 0.2) is 24.5 Å². The molecule has 19 heavy (non-hydrogen) atoms. The molecule has 2 aliphatic rings. The third-order valence-corrected chi connectivity index (χ3v) is 5.45. The number of aromatic nitrogens is 1. The maximum Gasteiger partial charge on any atom is 0.0795 e. The number of thioether (sulfide) groups is 1. The topological polar surface area (TPSA) is 34.1 Å². The van der Waals surface area contributed by atoms with Crippen LogP contribution in [0.3, 0.4) is 0 Å². The fourth-order valence-corrected chi connectivity index (χ4v) is 4.49.